The predicted molar refractivity (Wildman–Crippen MR) is 101 cm³/mol. The number of aryl methyl sites for hydroxylation is 2. The van der Waals surface area contributed by atoms with Crippen LogP contribution in [0.4, 0.5) is 0 Å². The summed E-state index contributed by atoms with van der Waals surface area (Å²) in [5, 5.41) is 0.469. The molecule has 0 unspecified atom stereocenters. The minimum absolute atomic E-state index is 0.0867. The lowest BCUT2D eigenvalue weighted by atomic mass is 10.1. The maximum absolute atomic E-state index is 12.8. The van der Waals surface area contributed by atoms with Gasteiger partial charge >= 0.3 is 0 Å². The fraction of sp³-hybridized carbons (Fsp3) is 0.300. The number of pyridine rings is 3. The fourth-order valence-electron chi connectivity index (χ4n) is 3.21. The lowest BCUT2D eigenvalue weighted by Gasteiger charge is -2.38. The van der Waals surface area contributed by atoms with Crippen molar-refractivity contribution >= 4 is 16.9 Å². The van der Waals surface area contributed by atoms with Gasteiger partial charge in [-0.1, -0.05) is 0 Å². The van der Waals surface area contributed by atoms with Crippen LogP contribution in [0, 0.1) is 6.92 Å². The molecule has 1 aliphatic heterocycles. The number of carbonyl (C=O) groups is 1. The van der Waals surface area contributed by atoms with Gasteiger partial charge in [0.15, 0.2) is 0 Å². The smallest absolute Gasteiger partial charge is 0.259 e. The molecule has 0 N–H and O–H groups in total. The lowest BCUT2D eigenvalue weighted by molar-refractivity contribution is 0.0175. The van der Waals surface area contributed by atoms with Gasteiger partial charge in [-0.05, 0) is 38.1 Å². The van der Waals surface area contributed by atoms with E-state index in [0.717, 1.165) is 5.69 Å². The lowest BCUT2D eigenvalue weighted by Crippen LogP contribution is -2.56. The molecule has 1 aliphatic rings. The minimum atomic E-state index is -0.274. The average Bonchev–Trinajstić information content (AvgIpc) is 2.65. The molecule has 0 saturated carbocycles. The van der Waals surface area contributed by atoms with Crippen LogP contribution in [0.2, 0.25) is 0 Å². The van der Waals surface area contributed by atoms with E-state index in [-0.39, 0.29) is 23.0 Å². The van der Waals surface area contributed by atoms with Gasteiger partial charge in [-0.25, -0.2) is 4.98 Å². The highest BCUT2D eigenvalue weighted by Gasteiger charge is 2.34. The van der Waals surface area contributed by atoms with Crippen molar-refractivity contribution in [3.8, 4) is 5.75 Å². The minimum Gasteiger partial charge on any atom is -0.485 e. The van der Waals surface area contributed by atoms with Gasteiger partial charge in [0.05, 0.1) is 24.7 Å². The summed E-state index contributed by atoms with van der Waals surface area (Å²) in [6.07, 6.45) is 4.85. The number of aromatic nitrogens is 3. The first-order valence-corrected chi connectivity index (χ1v) is 8.93. The zero-order valence-electron chi connectivity index (χ0n) is 15.3. The first kappa shape index (κ1) is 17.2. The van der Waals surface area contributed by atoms with Gasteiger partial charge in [0.2, 0.25) is 5.43 Å². The van der Waals surface area contributed by atoms with Crippen LogP contribution in [0.3, 0.4) is 0 Å². The number of rotatable bonds is 4. The summed E-state index contributed by atoms with van der Waals surface area (Å²) >= 11 is 0. The van der Waals surface area contributed by atoms with Gasteiger partial charge in [0.25, 0.3) is 5.91 Å². The molecule has 1 fully saturated rings. The third-order valence-electron chi connectivity index (χ3n) is 4.70. The maximum Gasteiger partial charge on any atom is 0.259 e. The van der Waals surface area contributed by atoms with Gasteiger partial charge in [-0.3, -0.25) is 14.6 Å². The molecule has 7 heteroatoms. The summed E-state index contributed by atoms with van der Waals surface area (Å²) in [5.41, 5.74) is 1.35. The third-order valence-corrected chi connectivity index (χ3v) is 4.70. The van der Waals surface area contributed by atoms with E-state index in [9.17, 15) is 9.59 Å². The van der Waals surface area contributed by atoms with E-state index in [2.05, 4.69) is 9.97 Å². The van der Waals surface area contributed by atoms with E-state index in [1.807, 2.05) is 24.5 Å². The van der Waals surface area contributed by atoms with Crippen molar-refractivity contribution in [3.63, 3.8) is 0 Å². The van der Waals surface area contributed by atoms with Gasteiger partial charge in [0.1, 0.15) is 23.1 Å². The van der Waals surface area contributed by atoms with Crippen LogP contribution >= 0.6 is 0 Å². The number of ether oxygens (including phenoxy) is 1. The van der Waals surface area contributed by atoms with Crippen LogP contribution in [0.1, 0.15) is 23.0 Å². The Bertz CT molecular complexity index is 1060. The molecule has 1 saturated heterocycles. The van der Waals surface area contributed by atoms with Crippen LogP contribution in [-0.2, 0) is 6.54 Å². The highest BCUT2D eigenvalue weighted by Crippen LogP contribution is 2.19. The number of likely N-dealkylation sites (tertiary alicyclic amines) is 1. The van der Waals surface area contributed by atoms with E-state index in [4.69, 9.17) is 4.74 Å². The number of hydrogen-bond acceptors (Lipinski definition) is 5. The molecule has 0 spiro atoms. The molecular formula is C20H20N4O3. The van der Waals surface area contributed by atoms with Gasteiger partial charge < -0.3 is 14.2 Å². The Morgan fingerprint density at radius 3 is 2.81 bits per heavy atom. The summed E-state index contributed by atoms with van der Waals surface area (Å²) in [5.74, 6) is 0.408. The third kappa shape index (κ3) is 3.16. The van der Waals surface area contributed by atoms with Crippen molar-refractivity contribution < 1.29 is 9.53 Å². The Hall–Kier alpha value is -3.22. The number of fused-ring (bicyclic) bond motifs is 1. The SMILES string of the molecule is CCn1cc(C(=O)N2CC(Oc3cccnc3)C2)c(=O)c2ccc(C)nc21. The Morgan fingerprint density at radius 2 is 2.11 bits per heavy atom. The normalized spacial score (nSPS) is 14.2. The van der Waals surface area contributed by atoms with Crippen LogP contribution in [0.15, 0.2) is 47.7 Å². The molecule has 3 aromatic heterocycles. The first-order valence-electron chi connectivity index (χ1n) is 8.93. The number of amides is 1. The summed E-state index contributed by atoms with van der Waals surface area (Å²) in [4.78, 5) is 35.8. The van der Waals surface area contributed by atoms with Crippen molar-refractivity contribution in [2.45, 2.75) is 26.5 Å². The van der Waals surface area contributed by atoms with Crippen molar-refractivity contribution in [2.75, 3.05) is 13.1 Å². The van der Waals surface area contributed by atoms with Gasteiger partial charge in [0, 0.05) is 24.6 Å². The van der Waals surface area contributed by atoms with E-state index in [1.165, 1.54) is 0 Å². The summed E-state index contributed by atoms with van der Waals surface area (Å²) in [7, 11) is 0. The highest BCUT2D eigenvalue weighted by atomic mass is 16.5. The zero-order valence-corrected chi connectivity index (χ0v) is 15.3. The number of carbonyl (C=O) groups excluding carboxylic acids is 1. The number of nitrogens with zero attached hydrogens (tertiary/aromatic N) is 4. The van der Waals surface area contributed by atoms with Gasteiger partial charge in [-0.15, -0.1) is 0 Å². The van der Waals surface area contributed by atoms with Crippen LogP contribution in [0.5, 0.6) is 5.75 Å². The van der Waals surface area contributed by atoms with E-state index < -0.39 is 0 Å². The second-order valence-electron chi connectivity index (χ2n) is 6.62. The molecule has 0 atom stereocenters. The average molecular weight is 364 g/mol. The van der Waals surface area contributed by atoms with Crippen molar-refractivity contribution in [1.29, 1.82) is 0 Å². The van der Waals surface area contributed by atoms with Crippen molar-refractivity contribution in [3.05, 3.63) is 64.3 Å². The second-order valence-corrected chi connectivity index (χ2v) is 6.62. The van der Waals surface area contributed by atoms with Crippen LogP contribution in [0.25, 0.3) is 11.0 Å². The molecule has 1 amide bonds. The maximum atomic E-state index is 12.8. The van der Waals surface area contributed by atoms with E-state index in [0.29, 0.717) is 36.4 Å². The molecule has 138 valence electrons. The quantitative estimate of drug-likeness (QED) is 0.708. The van der Waals surface area contributed by atoms with Crippen molar-refractivity contribution in [1.82, 2.24) is 19.4 Å². The summed E-state index contributed by atoms with van der Waals surface area (Å²) in [6.45, 7) is 5.36. The molecule has 0 aliphatic carbocycles. The highest BCUT2D eigenvalue weighted by molar-refractivity contribution is 5.97. The molecule has 0 radical (unpaired) electrons. The topological polar surface area (TPSA) is 77.3 Å². The monoisotopic (exact) mass is 364 g/mol. The van der Waals surface area contributed by atoms with E-state index >= 15 is 0 Å². The first-order chi connectivity index (χ1) is 13.1. The summed E-state index contributed by atoms with van der Waals surface area (Å²) in [6, 6.07) is 7.16. The Morgan fingerprint density at radius 1 is 1.30 bits per heavy atom. The summed E-state index contributed by atoms with van der Waals surface area (Å²) < 4.78 is 7.62. The van der Waals surface area contributed by atoms with Gasteiger partial charge in [-0.2, -0.15) is 0 Å². The van der Waals surface area contributed by atoms with E-state index in [1.54, 1.807) is 41.7 Å². The molecule has 27 heavy (non-hydrogen) atoms. The zero-order chi connectivity index (χ0) is 19.0. The standard InChI is InChI=1S/C20H20N4O3/c1-3-23-12-17(18(25)16-7-6-13(2)22-19(16)23)20(26)24-10-15(11-24)27-14-5-4-8-21-9-14/h4-9,12,15H,3,10-11H2,1-2H3. The largest absolute Gasteiger partial charge is 0.485 e. The van der Waals surface area contributed by atoms with Crippen LogP contribution in [-0.4, -0.2) is 44.5 Å². The van der Waals surface area contributed by atoms with Crippen molar-refractivity contribution in [2.24, 2.45) is 0 Å². The second kappa shape index (κ2) is 6.83. The molecule has 7 nitrogen and oxygen atoms in total. The Kier molecular flexibility index (Phi) is 4.35. The molecule has 3 aromatic rings. The number of hydrogen-bond donors (Lipinski definition) is 0. The molecule has 4 heterocycles. The Balaban J connectivity index is 1.56. The molecule has 4 rings (SSSR count). The molecular weight excluding hydrogens is 344 g/mol. The predicted octanol–water partition coefficient (Wildman–Crippen LogP) is 2.02. The Labute approximate surface area is 156 Å². The fourth-order valence-corrected chi connectivity index (χ4v) is 3.21. The van der Waals surface area contributed by atoms with Crippen LogP contribution < -0.4 is 10.2 Å². The molecule has 0 aromatic carbocycles. The molecule has 0 bridgehead atoms.